The van der Waals surface area contributed by atoms with Crippen LogP contribution in [0.2, 0.25) is 0 Å². The highest BCUT2D eigenvalue weighted by Crippen LogP contribution is 2.48. The largest absolute Gasteiger partial charge is 0.466 e. The van der Waals surface area contributed by atoms with E-state index in [1.807, 2.05) is 6.92 Å². The van der Waals surface area contributed by atoms with Gasteiger partial charge in [0.25, 0.3) is 0 Å². The molecule has 1 aliphatic carbocycles. The minimum absolute atomic E-state index is 0.0978. The highest BCUT2D eigenvalue weighted by molar-refractivity contribution is 5.70. The van der Waals surface area contributed by atoms with Crippen molar-refractivity contribution in [1.29, 1.82) is 0 Å². The molecule has 0 aromatic rings. The van der Waals surface area contributed by atoms with Crippen LogP contribution in [0.25, 0.3) is 0 Å². The van der Waals surface area contributed by atoms with Gasteiger partial charge in [0.05, 0.1) is 19.1 Å². The van der Waals surface area contributed by atoms with Gasteiger partial charge in [0, 0.05) is 6.61 Å². The first-order chi connectivity index (χ1) is 7.77. The van der Waals surface area contributed by atoms with Gasteiger partial charge in [0.2, 0.25) is 0 Å². The van der Waals surface area contributed by atoms with Crippen LogP contribution in [0.3, 0.4) is 0 Å². The highest BCUT2D eigenvalue weighted by Gasteiger charge is 2.45. The molecule has 1 saturated heterocycles. The highest BCUT2D eigenvalue weighted by atomic mass is 16.5. The van der Waals surface area contributed by atoms with Crippen molar-refractivity contribution in [3.63, 3.8) is 0 Å². The molecule has 1 heterocycles. The molecule has 1 aliphatic heterocycles. The number of rotatable bonds is 3. The molecule has 0 aromatic heterocycles. The SMILES string of the molecule is CCOC(=O)CC1OCCC12CCCCC2. The Bertz CT molecular complexity index is 244. The van der Waals surface area contributed by atoms with Crippen molar-refractivity contribution < 1.29 is 14.3 Å². The van der Waals surface area contributed by atoms with Crippen molar-refractivity contribution in [2.75, 3.05) is 13.2 Å². The number of esters is 1. The van der Waals surface area contributed by atoms with E-state index in [-0.39, 0.29) is 12.1 Å². The van der Waals surface area contributed by atoms with Gasteiger partial charge in [-0.05, 0) is 31.6 Å². The molecule has 3 heteroatoms. The molecule has 2 aliphatic rings. The topological polar surface area (TPSA) is 35.5 Å². The van der Waals surface area contributed by atoms with Gasteiger partial charge in [-0.15, -0.1) is 0 Å². The van der Waals surface area contributed by atoms with Crippen molar-refractivity contribution in [3.8, 4) is 0 Å². The maximum Gasteiger partial charge on any atom is 0.308 e. The van der Waals surface area contributed by atoms with Crippen molar-refractivity contribution in [2.45, 2.75) is 58.0 Å². The summed E-state index contributed by atoms with van der Waals surface area (Å²) in [5.74, 6) is -0.0978. The zero-order valence-corrected chi connectivity index (χ0v) is 10.2. The molecule has 16 heavy (non-hydrogen) atoms. The lowest BCUT2D eigenvalue weighted by atomic mass is 9.69. The van der Waals surface area contributed by atoms with Gasteiger partial charge in [-0.25, -0.2) is 0 Å². The third kappa shape index (κ3) is 2.40. The van der Waals surface area contributed by atoms with E-state index in [1.54, 1.807) is 0 Å². The smallest absolute Gasteiger partial charge is 0.308 e. The van der Waals surface area contributed by atoms with Crippen molar-refractivity contribution in [2.24, 2.45) is 5.41 Å². The number of ether oxygens (including phenoxy) is 2. The van der Waals surface area contributed by atoms with Gasteiger partial charge < -0.3 is 9.47 Å². The summed E-state index contributed by atoms with van der Waals surface area (Å²) in [6, 6.07) is 0. The summed E-state index contributed by atoms with van der Waals surface area (Å²) in [6.07, 6.45) is 8.10. The summed E-state index contributed by atoms with van der Waals surface area (Å²) < 4.78 is 10.8. The van der Waals surface area contributed by atoms with E-state index in [1.165, 1.54) is 32.1 Å². The van der Waals surface area contributed by atoms with E-state index in [9.17, 15) is 4.79 Å². The summed E-state index contributed by atoms with van der Waals surface area (Å²) in [5, 5.41) is 0. The van der Waals surface area contributed by atoms with Gasteiger partial charge in [0.15, 0.2) is 0 Å². The molecule has 1 atom stereocenters. The predicted octanol–water partition coefficient (Wildman–Crippen LogP) is 2.68. The van der Waals surface area contributed by atoms with Gasteiger partial charge in [-0.1, -0.05) is 19.3 Å². The fourth-order valence-corrected chi connectivity index (χ4v) is 3.22. The van der Waals surface area contributed by atoms with E-state index >= 15 is 0 Å². The van der Waals surface area contributed by atoms with Crippen LogP contribution in [0.1, 0.15) is 51.9 Å². The summed E-state index contributed by atoms with van der Waals surface area (Å²) in [7, 11) is 0. The molecule has 0 N–H and O–H groups in total. The molecule has 3 nitrogen and oxygen atoms in total. The molecule has 92 valence electrons. The molecule has 0 amide bonds. The Labute approximate surface area is 97.5 Å². The molecular formula is C13H22O3. The maximum atomic E-state index is 11.5. The van der Waals surface area contributed by atoms with Gasteiger partial charge in [0.1, 0.15) is 0 Å². The number of carbonyl (C=O) groups is 1. The molecule has 1 unspecified atom stereocenters. The summed E-state index contributed by atoms with van der Waals surface area (Å²) in [6.45, 7) is 3.15. The molecule has 1 spiro atoms. The zero-order chi connectivity index (χ0) is 11.4. The van der Waals surface area contributed by atoms with Crippen LogP contribution in [-0.2, 0) is 14.3 Å². The number of carbonyl (C=O) groups excluding carboxylic acids is 1. The Morgan fingerprint density at radius 1 is 1.31 bits per heavy atom. The van der Waals surface area contributed by atoms with Crippen LogP contribution in [0.15, 0.2) is 0 Å². The van der Waals surface area contributed by atoms with Crippen LogP contribution in [-0.4, -0.2) is 25.3 Å². The molecule has 0 radical (unpaired) electrons. The lowest BCUT2D eigenvalue weighted by Gasteiger charge is -2.37. The first kappa shape index (κ1) is 11.9. The standard InChI is InChI=1S/C13H22O3/c1-2-15-12(14)10-11-13(8-9-16-11)6-4-3-5-7-13/h11H,2-10H2,1H3. The summed E-state index contributed by atoms with van der Waals surface area (Å²) in [4.78, 5) is 11.5. The quantitative estimate of drug-likeness (QED) is 0.694. The Balaban J connectivity index is 1.94. The molecule has 1 saturated carbocycles. The first-order valence-electron chi connectivity index (χ1n) is 6.54. The Kier molecular flexibility index (Phi) is 3.85. The van der Waals surface area contributed by atoms with E-state index in [4.69, 9.17) is 9.47 Å². The summed E-state index contributed by atoms with van der Waals surface area (Å²) in [5.41, 5.74) is 0.297. The van der Waals surface area contributed by atoms with E-state index in [0.29, 0.717) is 18.4 Å². The lowest BCUT2D eigenvalue weighted by Crippen LogP contribution is -2.35. The van der Waals surface area contributed by atoms with Gasteiger partial charge in [-0.3, -0.25) is 4.79 Å². The third-order valence-corrected chi connectivity index (χ3v) is 4.11. The van der Waals surface area contributed by atoms with E-state index in [2.05, 4.69) is 0 Å². The minimum Gasteiger partial charge on any atom is -0.466 e. The van der Waals surface area contributed by atoms with Crippen LogP contribution in [0.4, 0.5) is 0 Å². The zero-order valence-electron chi connectivity index (χ0n) is 10.2. The van der Waals surface area contributed by atoms with E-state index in [0.717, 1.165) is 13.0 Å². The molecule has 0 bridgehead atoms. The third-order valence-electron chi connectivity index (χ3n) is 4.11. The Morgan fingerprint density at radius 3 is 2.75 bits per heavy atom. The number of hydrogen-bond donors (Lipinski definition) is 0. The average molecular weight is 226 g/mol. The van der Waals surface area contributed by atoms with Crippen LogP contribution in [0, 0.1) is 5.41 Å². The average Bonchev–Trinajstić information content (AvgIpc) is 2.63. The molecular weight excluding hydrogens is 204 g/mol. The van der Waals surface area contributed by atoms with Crippen LogP contribution in [0.5, 0.6) is 0 Å². The lowest BCUT2D eigenvalue weighted by molar-refractivity contribution is -0.147. The van der Waals surface area contributed by atoms with E-state index < -0.39 is 0 Å². The van der Waals surface area contributed by atoms with Crippen molar-refractivity contribution >= 4 is 5.97 Å². The Hall–Kier alpha value is -0.570. The van der Waals surface area contributed by atoms with Crippen molar-refractivity contribution in [1.82, 2.24) is 0 Å². The monoisotopic (exact) mass is 226 g/mol. The summed E-state index contributed by atoms with van der Waals surface area (Å²) >= 11 is 0. The first-order valence-corrected chi connectivity index (χ1v) is 6.54. The maximum absolute atomic E-state index is 11.5. The van der Waals surface area contributed by atoms with Crippen LogP contribution >= 0.6 is 0 Å². The van der Waals surface area contributed by atoms with Crippen molar-refractivity contribution in [3.05, 3.63) is 0 Å². The Morgan fingerprint density at radius 2 is 2.06 bits per heavy atom. The second-order valence-electron chi connectivity index (χ2n) is 5.04. The normalized spacial score (nSPS) is 28.2. The predicted molar refractivity (Wildman–Crippen MR) is 61.1 cm³/mol. The second kappa shape index (κ2) is 5.17. The van der Waals surface area contributed by atoms with Gasteiger partial charge in [-0.2, -0.15) is 0 Å². The molecule has 2 rings (SSSR count). The van der Waals surface area contributed by atoms with Gasteiger partial charge >= 0.3 is 5.97 Å². The molecule has 0 aromatic carbocycles. The number of hydrogen-bond acceptors (Lipinski definition) is 3. The fourth-order valence-electron chi connectivity index (χ4n) is 3.22. The molecule has 2 fully saturated rings. The second-order valence-corrected chi connectivity index (χ2v) is 5.04. The van der Waals surface area contributed by atoms with Crippen LogP contribution < -0.4 is 0 Å². The minimum atomic E-state index is -0.0978. The fraction of sp³-hybridized carbons (Fsp3) is 0.923.